The Bertz CT molecular complexity index is 711. The Morgan fingerprint density at radius 2 is 1.83 bits per heavy atom. The topological polar surface area (TPSA) is 49.9 Å². The van der Waals surface area contributed by atoms with Gasteiger partial charge in [0.15, 0.2) is 0 Å². The molecule has 0 aliphatic rings. The van der Waals surface area contributed by atoms with Gasteiger partial charge < -0.3 is 4.74 Å². The predicted octanol–water partition coefficient (Wildman–Crippen LogP) is 2.90. The molecule has 0 atom stereocenters. The van der Waals surface area contributed by atoms with Crippen molar-refractivity contribution in [2.75, 3.05) is 33.8 Å². The zero-order valence-electron chi connectivity index (χ0n) is 14.3. The molecule has 1 aromatic heterocycles. The van der Waals surface area contributed by atoms with Crippen molar-refractivity contribution < 1.29 is 13.2 Å². The van der Waals surface area contributed by atoms with E-state index in [4.69, 9.17) is 4.74 Å². The molecule has 24 heavy (non-hydrogen) atoms. The minimum Gasteiger partial charge on any atom is -0.492 e. The first-order chi connectivity index (χ1) is 11.4. The third kappa shape index (κ3) is 5.04. The van der Waals surface area contributed by atoms with E-state index in [1.165, 1.54) is 23.3 Å². The van der Waals surface area contributed by atoms with Crippen LogP contribution < -0.4 is 4.74 Å². The van der Waals surface area contributed by atoms with Crippen LogP contribution in [0.15, 0.2) is 46.7 Å². The molecule has 0 amide bonds. The largest absolute Gasteiger partial charge is 0.492 e. The van der Waals surface area contributed by atoms with Gasteiger partial charge in [-0.1, -0.05) is 13.0 Å². The summed E-state index contributed by atoms with van der Waals surface area (Å²) in [5.41, 5.74) is 0. The Kier molecular flexibility index (Phi) is 6.79. The standard InChI is InChI=1S/C17H24N2O3S2/c1-4-19(14-16-6-5-13-23-16)11-12-22-15-7-9-17(10-8-15)24(20,21)18(2)3/h5-10,13H,4,11-12,14H2,1-3H3. The maximum atomic E-state index is 12.0. The van der Waals surface area contributed by atoms with Gasteiger partial charge in [0.2, 0.25) is 10.0 Å². The van der Waals surface area contributed by atoms with E-state index >= 15 is 0 Å². The van der Waals surface area contributed by atoms with Crippen molar-refractivity contribution in [3.05, 3.63) is 46.7 Å². The summed E-state index contributed by atoms with van der Waals surface area (Å²) in [5.74, 6) is 0.680. The molecular weight excluding hydrogens is 344 g/mol. The highest BCUT2D eigenvalue weighted by Gasteiger charge is 2.16. The Morgan fingerprint density at radius 3 is 2.38 bits per heavy atom. The molecule has 2 aromatic rings. The fourth-order valence-electron chi connectivity index (χ4n) is 2.18. The van der Waals surface area contributed by atoms with Gasteiger partial charge in [-0.25, -0.2) is 12.7 Å². The first-order valence-electron chi connectivity index (χ1n) is 7.83. The molecule has 7 heteroatoms. The lowest BCUT2D eigenvalue weighted by molar-refractivity contribution is 0.211. The second-order valence-corrected chi connectivity index (χ2v) is 8.74. The quantitative estimate of drug-likeness (QED) is 0.683. The number of benzene rings is 1. The summed E-state index contributed by atoms with van der Waals surface area (Å²) in [6.45, 7) is 5.42. The van der Waals surface area contributed by atoms with Gasteiger partial charge in [0.25, 0.3) is 0 Å². The molecule has 0 unspecified atom stereocenters. The Labute approximate surface area is 148 Å². The molecule has 0 aliphatic carbocycles. The van der Waals surface area contributed by atoms with Crippen LogP contribution in [0, 0.1) is 0 Å². The summed E-state index contributed by atoms with van der Waals surface area (Å²) < 4.78 is 31.0. The minimum absolute atomic E-state index is 0.271. The zero-order valence-corrected chi connectivity index (χ0v) is 15.9. The SMILES string of the molecule is CCN(CCOc1ccc(S(=O)(=O)N(C)C)cc1)Cc1cccs1. The van der Waals surface area contributed by atoms with Crippen molar-refractivity contribution in [2.24, 2.45) is 0 Å². The van der Waals surface area contributed by atoms with Crippen molar-refractivity contribution >= 4 is 21.4 Å². The fraction of sp³-hybridized carbons (Fsp3) is 0.412. The summed E-state index contributed by atoms with van der Waals surface area (Å²) in [7, 11) is -0.349. The zero-order chi connectivity index (χ0) is 17.6. The number of likely N-dealkylation sites (N-methyl/N-ethyl adjacent to an activating group) is 1. The van der Waals surface area contributed by atoms with Gasteiger partial charge in [-0.05, 0) is 42.3 Å². The molecular formula is C17H24N2O3S2. The van der Waals surface area contributed by atoms with Gasteiger partial charge in [-0.15, -0.1) is 11.3 Å². The van der Waals surface area contributed by atoms with Crippen LogP contribution in [-0.4, -0.2) is 51.4 Å². The monoisotopic (exact) mass is 368 g/mol. The molecule has 0 N–H and O–H groups in total. The first-order valence-corrected chi connectivity index (χ1v) is 10.2. The van der Waals surface area contributed by atoms with E-state index in [1.54, 1.807) is 35.6 Å². The van der Waals surface area contributed by atoms with E-state index in [1.807, 2.05) is 0 Å². The van der Waals surface area contributed by atoms with Gasteiger partial charge in [0.1, 0.15) is 12.4 Å². The maximum absolute atomic E-state index is 12.0. The van der Waals surface area contributed by atoms with Crippen LogP contribution in [0.4, 0.5) is 0 Å². The third-order valence-corrected chi connectivity index (χ3v) is 6.38. The number of hydrogen-bond acceptors (Lipinski definition) is 5. The molecule has 0 saturated carbocycles. The van der Waals surface area contributed by atoms with Crippen LogP contribution in [0.1, 0.15) is 11.8 Å². The van der Waals surface area contributed by atoms with E-state index in [-0.39, 0.29) is 4.90 Å². The highest BCUT2D eigenvalue weighted by Crippen LogP contribution is 2.18. The normalized spacial score (nSPS) is 12.0. The fourth-order valence-corrected chi connectivity index (χ4v) is 3.83. The summed E-state index contributed by atoms with van der Waals surface area (Å²) in [6, 6.07) is 10.8. The van der Waals surface area contributed by atoms with Gasteiger partial charge >= 0.3 is 0 Å². The minimum atomic E-state index is -3.39. The predicted molar refractivity (Wildman–Crippen MR) is 98.1 cm³/mol. The molecule has 2 rings (SSSR count). The van der Waals surface area contributed by atoms with Crippen molar-refractivity contribution in [3.8, 4) is 5.75 Å². The number of ether oxygens (including phenoxy) is 1. The van der Waals surface area contributed by atoms with Crippen LogP contribution in [-0.2, 0) is 16.6 Å². The second-order valence-electron chi connectivity index (χ2n) is 5.56. The number of sulfonamides is 1. The molecule has 132 valence electrons. The van der Waals surface area contributed by atoms with E-state index in [9.17, 15) is 8.42 Å². The molecule has 1 aromatic carbocycles. The summed E-state index contributed by atoms with van der Waals surface area (Å²) in [4.78, 5) is 3.93. The number of hydrogen-bond donors (Lipinski definition) is 0. The van der Waals surface area contributed by atoms with Gasteiger partial charge in [0.05, 0.1) is 4.90 Å². The molecule has 1 heterocycles. The Morgan fingerprint density at radius 1 is 1.12 bits per heavy atom. The number of rotatable bonds is 9. The summed E-state index contributed by atoms with van der Waals surface area (Å²) in [6.07, 6.45) is 0. The molecule has 5 nitrogen and oxygen atoms in total. The average molecular weight is 369 g/mol. The van der Waals surface area contributed by atoms with Crippen molar-refractivity contribution in [2.45, 2.75) is 18.4 Å². The highest BCUT2D eigenvalue weighted by molar-refractivity contribution is 7.89. The van der Waals surface area contributed by atoms with Crippen molar-refractivity contribution in [3.63, 3.8) is 0 Å². The van der Waals surface area contributed by atoms with Crippen LogP contribution >= 0.6 is 11.3 Å². The number of nitrogens with zero attached hydrogens (tertiary/aromatic N) is 2. The van der Waals surface area contributed by atoms with Gasteiger partial charge in [-0.2, -0.15) is 0 Å². The molecule has 0 aliphatic heterocycles. The molecule has 0 radical (unpaired) electrons. The van der Waals surface area contributed by atoms with E-state index in [0.29, 0.717) is 12.4 Å². The summed E-state index contributed by atoms with van der Waals surface area (Å²) in [5, 5.41) is 2.09. The highest BCUT2D eigenvalue weighted by atomic mass is 32.2. The smallest absolute Gasteiger partial charge is 0.242 e. The second kappa shape index (κ2) is 8.62. The van der Waals surface area contributed by atoms with E-state index < -0.39 is 10.0 Å². The molecule has 0 bridgehead atoms. The maximum Gasteiger partial charge on any atom is 0.242 e. The van der Waals surface area contributed by atoms with Crippen LogP contribution in [0.25, 0.3) is 0 Å². The van der Waals surface area contributed by atoms with Crippen LogP contribution in [0.2, 0.25) is 0 Å². The Balaban J connectivity index is 1.86. The number of thiophene rings is 1. The van der Waals surface area contributed by atoms with Gasteiger partial charge in [0, 0.05) is 32.1 Å². The lowest BCUT2D eigenvalue weighted by Gasteiger charge is -2.19. The van der Waals surface area contributed by atoms with E-state index in [0.717, 1.165) is 19.6 Å². The molecule has 0 fully saturated rings. The Hall–Kier alpha value is -1.41. The van der Waals surface area contributed by atoms with Crippen molar-refractivity contribution in [1.82, 2.24) is 9.21 Å². The van der Waals surface area contributed by atoms with Crippen LogP contribution in [0.3, 0.4) is 0 Å². The first kappa shape index (κ1) is 18.9. The van der Waals surface area contributed by atoms with Crippen molar-refractivity contribution in [1.29, 1.82) is 0 Å². The lowest BCUT2D eigenvalue weighted by atomic mass is 10.3. The lowest BCUT2D eigenvalue weighted by Crippen LogP contribution is -2.27. The third-order valence-electron chi connectivity index (χ3n) is 3.69. The molecule has 0 spiro atoms. The molecule has 0 saturated heterocycles. The summed E-state index contributed by atoms with van der Waals surface area (Å²) >= 11 is 1.76. The average Bonchev–Trinajstić information content (AvgIpc) is 3.07. The van der Waals surface area contributed by atoms with Crippen LogP contribution in [0.5, 0.6) is 5.75 Å². The van der Waals surface area contributed by atoms with E-state index in [2.05, 4.69) is 29.3 Å². The van der Waals surface area contributed by atoms with Gasteiger partial charge in [-0.3, -0.25) is 4.90 Å².